The fourth-order valence-corrected chi connectivity index (χ4v) is 5.22. The highest BCUT2D eigenvalue weighted by molar-refractivity contribution is 7.53. The molecule has 1 heterocycles. The van der Waals surface area contributed by atoms with Gasteiger partial charge in [0, 0.05) is 23.2 Å². The Balaban J connectivity index is 1.57. The van der Waals surface area contributed by atoms with E-state index < -0.39 is 7.60 Å². The minimum absolute atomic E-state index is 0.154. The lowest BCUT2D eigenvalue weighted by atomic mass is 10.1. The van der Waals surface area contributed by atoms with Gasteiger partial charge in [-0.3, -0.25) is 9.36 Å². The Morgan fingerprint density at radius 3 is 2.39 bits per heavy atom. The number of benzene rings is 2. The van der Waals surface area contributed by atoms with E-state index in [4.69, 9.17) is 36.8 Å². The molecule has 0 bridgehead atoms. The van der Waals surface area contributed by atoms with E-state index in [-0.39, 0.29) is 18.5 Å². The van der Waals surface area contributed by atoms with E-state index in [1.165, 1.54) is 0 Å². The molecule has 0 aliphatic rings. The zero-order valence-electron chi connectivity index (χ0n) is 18.3. The molecule has 33 heavy (non-hydrogen) atoms. The molecule has 2 aromatic carbocycles. The highest BCUT2D eigenvalue weighted by atomic mass is 35.5. The molecule has 1 amide bonds. The van der Waals surface area contributed by atoms with E-state index >= 15 is 0 Å². The number of aryl methyl sites for hydroxylation is 1. The van der Waals surface area contributed by atoms with Crippen LogP contribution in [0.1, 0.15) is 31.4 Å². The van der Waals surface area contributed by atoms with Crippen molar-refractivity contribution >= 4 is 42.4 Å². The Hall–Kier alpha value is -2.15. The van der Waals surface area contributed by atoms with Gasteiger partial charge in [0.2, 0.25) is 5.91 Å². The van der Waals surface area contributed by atoms with Gasteiger partial charge in [0.1, 0.15) is 0 Å². The topological polar surface area (TPSA) is 90.7 Å². The number of nitrogens with one attached hydrogen (secondary N) is 1. The molecule has 0 fully saturated rings. The summed E-state index contributed by atoms with van der Waals surface area (Å²) in [5, 5.41) is 7.58. The van der Waals surface area contributed by atoms with Gasteiger partial charge in [-0.15, -0.1) is 0 Å². The molecule has 176 valence electrons. The van der Waals surface area contributed by atoms with Crippen LogP contribution in [0.3, 0.4) is 0 Å². The van der Waals surface area contributed by atoms with Crippen molar-refractivity contribution in [2.75, 3.05) is 18.5 Å². The van der Waals surface area contributed by atoms with Crippen LogP contribution >= 0.6 is 30.8 Å². The number of nitrogens with zero attached hydrogens (tertiary/aromatic N) is 1. The van der Waals surface area contributed by atoms with Crippen molar-refractivity contribution in [1.82, 2.24) is 5.16 Å². The quantitative estimate of drug-likeness (QED) is 0.279. The van der Waals surface area contributed by atoms with Crippen LogP contribution in [0.4, 0.5) is 5.69 Å². The summed E-state index contributed by atoms with van der Waals surface area (Å²) in [7, 11) is -3.18. The molecule has 0 aliphatic carbocycles. The third-order valence-corrected chi connectivity index (χ3v) is 7.51. The molecule has 3 rings (SSSR count). The Labute approximate surface area is 202 Å². The van der Waals surface area contributed by atoms with Gasteiger partial charge in [0.25, 0.3) is 0 Å². The smallest absolute Gasteiger partial charge is 0.335 e. The monoisotopic (exact) mass is 510 g/mol. The van der Waals surface area contributed by atoms with Crippen molar-refractivity contribution in [3.05, 3.63) is 69.8 Å². The van der Waals surface area contributed by atoms with Crippen molar-refractivity contribution in [3.63, 3.8) is 0 Å². The summed E-state index contributed by atoms with van der Waals surface area (Å²) in [5.74, 6) is 0.400. The lowest BCUT2D eigenvalue weighted by molar-refractivity contribution is -0.116. The first kappa shape index (κ1) is 25.5. The Kier molecular flexibility index (Phi) is 9.12. The van der Waals surface area contributed by atoms with Gasteiger partial charge < -0.3 is 18.9 Å². The standard InChI is InChI=1S/C23H25Cl2N2O5P/c1-3-30-33(29,31-4-2)15-16-5-9-19(10-6-16)27-22(28)12-8-18-14-26-32-23(18)17-7-11-20(24)21(25)13-17/h5-7,9-11,13-14H,3-4,8,12,15H2,1-2H3,(H,27,28). The van der Waals surface area contributed by atoms with Gasteiger partial charge >= 0.3 is 7.60 Å². The first-order chi connectivity index (χ1) is 15.8. The summed E-state index contributed by atoms with van der Waals surface area (Å²) in [6.07, 6.45) is 2.44. The zero-order chi connectivity index (χ0) is 23.8. The predicted octanol–water partition coefficient (Wildman–Crippen LogP) is 6.99. The summed E-state index contributed by atoms with van der Waals surface area (Å²) in [6, 6.07) is 12.3. The number of hydrogen-bond acceptors (Lipinski definition) is 6. The van der Waals surface area contributed by atoms with Crippen molar-refractivity contribution < 1.29 is 22.9 Å². The molecule has 3 aromatic rings. The van der Waals surface area contributed by atoms with Crippen LogP contribution in [-0.4, -0.2) is 24.3 Å². The summed E-state index contributed by atoms with van der Waals surface area (Å²) >= 11 is 12.1. The zero-order valence-corrected chi connectivity index (χ0v) is 20.8. The summed E-state index contributed by atoms with van der Waals surface area (Å²) in [6.45, 7) is 4.17. The second-order valence-corrected chi connectivity index (χ2v) is 10.0. The van der Waals surface area contributed by atoms with Gasteiger partial charge in [-0.25, -0.2) is 0 Å². The molecule has 0 aliphatic heterocycles. The number of hydrogen-bond donors (Lipinski definition) is 1. The Morgan fingerprint density at radius 1 is 1.06 bits per heavy atom. The van der Waals surface area contributed by atoms with Crippen LogP contribution in [0.15, 0.2) is 53.2 Å². The van der Waals surface area contributed by atoms with Gasteiger partial charge in [-0.05, 0) is 56.2 Å². The number of rotatable bonds is 11. The maximum atomic E-state index is 12.7. The molecule has 0 unspecified atom stereocenters. The van der Waals surface area contributed by atoms with Gasteiger partial charge in [-0.2, -0.15) is 0 Å². The highest BCUT2D eigenvalue weighted by Crippen LogP contribution is 2.51. The fraction of sp³-hybridized carbons (Fsp3) is 0.304. The van der Waals surface area contributed by atoms with Crippen molar-refractivity contribution in [1.29, 1.82) is 0 Å². The van der Waals surface area contributed by atoms with Crippen LogP contribution in [-0.2, 0) is 31.0 Å². The van der Waals surface area contributed by atoms with Crippen molar-refractivity contribution in [2.45, 2.75) is 32.9 Å². The highest BCUT2D eigenvalue weighted by Gasteiger charge is 2.24. The summed E-state index contributed by atoms with van der Waals surface area (Å²) in [4.78, 5) is 12.5. The second-order valence-electron chi connectivity index (χ2n) is 7.16. The number of carbonyl (C=O) groups is 1. The number of anilines is 1. The van der Waals surface area contributed by atoms with Crippen LogP contribution in [0.2, 0.25) is 10.0 Å². The van der Waals surface area contributed by atoms with Crippen LogP contribution < -0.4 is 5.32 Å². The maximum absolute atomic E-state index is 12.7. The number of carbonyl (C=O) groups excluding carboxylic acids is 1. The SMILES string of the molecule is CCOP(=O)(Cc1ccc(NC(=O)CCc2cnoc2-c2ccc(Cl)c(Cl)c2)cc1)OCC. The normalized spacial score (nSPS) is 11.5. The molecule has 0 saturated heterocycles. The predicted molar refractivity (Wildman–Crippen MR) is 130 cm³/mol. The van der Waals surface area contributed by atoms with E-state index in [1.807, 2.05) is 0 Å². The average Bonchev–Trinajstić information content (AvgIpc) is 3.24. The van der Waals surface area contributed by atoms with E-state index in [0.29, 0.717) is 41.1 Å². The lowest BCUT2D eigenvalue weighted by Crippen LogP contribution is -2.12. The molecule has 7 nitrogen and oxygen atoms in total. The van der Waals surface area contributed by atoms with Crippen LogP contribution in [0.5, 0.6) is 0 Å². The van der Waals surface area contributed by atoms with E-state index in [2.05, 4.69) is 10.5 Å². The molecule has 10 heteroatoms. The summed E-state index contributed by atoms with van der Waals surface area (Å²) < 4.78 is 28.7. The molecule has 0 atom stereocenters. The summed E-state index contributed by atoms with van der Waals surface area (Å²) in [5.41, 5.74) is 2.97. The number of halogens is 2. The first-order valence-electron chi connectivity index (χ1n) is 10.5. The minimum Gasteiger partial charge on any atom is -0.356 e. The number of amides is 1. The van der Waals surface area contributed by atoms with Crippen molar-refractivity contribution in [2.24, 2.45) is 0 Å². The average molecular weight is 511 g/mol. The van der Waals surface area contributed by atoms with E-state index in [0.717, 1.165) is 16.7 Å². The molecular formula is C23H25Cl2N2O5P. The largest absolute Gasteiger partial charge is 0.356 e. The molecule has 0 spiro atoms. The van der Waals surface area contributed by atoms with Gasteiger partial charge in [-0.1, -0.05) is 40.5 Å². The second kappa shape index (κ2) is 11.8. The lowest BCUT2D eigenvalue weighted by Gasteiger charge is -2.17. The molecular weight excluding hydrogens is 486 g/mol. The van der Waals surface area contributed by atoms with Crippen LogP contribution in [0, 0.1) is 0 Å². The third kappa shape index (κ3) is 7.16. The maximum Gasteiger partial charge on any atom is 0.335 e. The molecule has 1 N–H and O–H groups in total. The van der Waals surface area contributed by atoms with E-state index in [9.17, 15) is 9.36 Å². The molecule has 1 aromatic heterocycles. The van der Waals surface area contributed by atoms with Crippen molar-refractivity contribution in [3.8, 4) is 11.3 Å². The first-order valence-corrected chi connectivity index (χ1v) is 13.0. The van der Waals surface area contributed by atoms with E-state index in [1.54, 1.807) is 62.5 Å². The number of aromatic nitrogens is 1. The fourth-order valence-electron chi connectivity index (χ4n) is 3.22. The van der Waals surface area contributed by atoms with Gasteiger partial charge in [0.05, 0.1) is 35.6 Å². The molecule has 0 radical (unpaired) electrons. The molecule has 0 saturated carbocycles. The van der Waals surface area contributed by atoms with Crippen LogP contribution in [0.25, 0.3) is 11.3 Å². The Morgan fingerprint density at radius 2 is 1.76 bits per heavy atom. The third-order valence-electron chi connectivity index (χ3n) is 4.71. The Bertz CT molecular complexity index is 1120. The minimum atomic E-state index is -3.18. The van der Waals surface area contributed by atoms with Gasteiger partial charge in [0.15, 0.2) is 5.76 Å².